The number of piperazine rings is 1. The van der Waals surface area contributed by atoms with Crippen LogP contribution in [-0.4, -0.2) is 58.7 Å². The number of piperidine rings is 1. The molecule has 2 aliphatic rings. The van der Waals surface area contributed by atoms with Crippen molar-refractivity contribution in [3.05, 3.63) is 18.0 Å². The summed E-state index contributed by atoms with van der Waals surface area (Å²) in [4.78, 5) is 26.2. The number of hydrogen-bond acceptors (Lipinski definition) is 4. The Hall–Kier alpha value is -1.60. The quantitative estimate of drug-likeness (QED) is 0.843. The molecule has 2 N–H and O–H groups in total. The van der Waals surface area contributed by atoms with Crippen LogP contribution in [-0.2, 0) is 4.79 Å². The molecule has 3 heterocycles. The molecule has 23 heavy (non-hydrogen) atoms. The average molecular weight is 342 g/mol. The maximum absolute atomic E-state index is 12.7. The number of rotatable bonds is 3. The highest BCUT2D eigenvalue weighted by atomic mass is 35.5. The van der Waals surface area contributed by atoms with Gasteiger partial charge in [-0.25, -0.2) is 0 Å². The minimum absolute atomic E-state index is 0. The molecule has 0 aliphatic carbocycles. The lowest BCUT2D eigenvalue weighted by Crippen LogP contribution is -2.57. The van der Waals surface area contributed by atoms with Crippen LogP contribution in [0.1, 0.15) is 42.7 Å². The van der Waals surface area contributed by atoms with Crippen LogP contribution >= 0.6 is 12.4 Å². The van der Waals surface area contributed by atoms with Gasteiger partial charge in [-0.2, -0.15) is 5.10 Å². The molecule has 0 radical (unpaired) electrons. The van der Waals surface area contributed by atoms with Crippen molar-refractivity contribution in [1.29, 1.82) is 0 Å². The second-order valence-corrected chi connectivity index (χ2v) is 5.89. The van der Waals surface area contributed by atoms with Crippen LogP contribution in [0.2, 0.25) is 0 Å². The molecule has 0 spiro atoms. The number of nitrogens with zero attached hydrogens (tertiary/aromatic N) is 3. The molecule has 0 bridgehead atoms. The summed E-state index contributed by atoms with van der Waals surface area (Å²) in [6, 6.07) is 1.68. The van der Waals surface area contributed by atoms with E-state index in [-0.39, 0.29) is 30.3 Å². The normalized spacial score (nSPS) is 24.7. The molecular weight excluding hydrogens is 318 g/mol. The second-order valence-electron chi connectivity index (χ2n) is 5.89. The summed E-state index contributed by atoms with van der Waals surface area (Å²) in [6.07, 6.45) is 4.69. The van der Waals surface area contributed by atoms with E-state index >= 15 is 0 Å². The van der Waals surface area contributed by atoms with Crippen molar-refractivity contribution in [1.82, 2.24) is 25.3 Å². The van der Waals surface area contributed by atoms with Crippen molar-refractivity contribution >= 4 is 24.2 Å². The first-order valence-electron chi connectivity index (χ1n) is 8.05. The molecule has 1 aromatic rings. The lowest BCUT2D eigenvalue weighted by molar-refractivity contribution is -0.127. The smallest absolute Gasteiger partial charge is 0.275 e. The van der Waals surface area contributed by atoms with E-state index in [9.17, 15) is 9.59 Å². The molecule has 8 heteroatoms. The van der Waals surface area contributed by atoms with E-state index in [0.29, 0.717) is 31.2 Å². The Morgan fingerprint density at radius 2 is 2.26 bits per heavy atom. The van der Waals surface area contributed by atoms with Crippen molar-refractivity contribution in [3.8, 4) is 0 Å². The van der Waals surface area contributed by atoms with Gasteiger partial charge < -0.3 is 15.5 Å². The third-order valence-electron chi connectivity index (χ3n) is 4.45. The lowest BCUT2D eigenvalue weighted by atomic mass is 10.1. The van der Waals surface area contributed by atoms with Gasteiger partial charge in [0.2, 0.25) is 5.91 Å². The Morgan fingerprint density at radius 1 is 1.43 bits per heavy atom. The standard InChI is InChI=1S/C15H23N5O2.ClH/c1-2-13-14(21)17-7-9-19(13)15(22)12-5-8-20(18-12)11-4-3-6-16-10-11;/h5,8,11,13,16H,2-4,6-7,9-10H2,1H3,(H,17,21);1H. The first-order chi connectivity index (χ1) is 10.7. The molecule has 1 aromatic heterocycles. The van der Waals surface area contributed by atoms with E-state index in [0.717, 1.165) is 25.9 Å². The SMILES string of the molecule is CCC1C(=O)NCCN1C(=O)c1ccn(C2CCCNC2)n1.Cl. The number of hydrogen-bond donors (Lipinski definition) is 2. The zero-order valence-electron chi connectivity index (χ0n) is 13.3. The van der Waals surface area contributed by atoms with Gasteiger partial charge in [0.05, 0.1) is 6.04 Å². The molecule has 3 rings (SSSR count). The first-order valence-corrected chi connectivity index (χ1v) is 8.05. The highest BCUT2D eigenvalue weighted by molar-refractivity contribution is 5.96. The fraction of sp³-hybridized carbons (Fsp3) is 0.667. The van der Waals surface area contributed by atoms with E-state index in [1.807, 2.05) is 17.8 Å². The van der Waals surface area contributed by atoms with Gasteiger partial charge in [0, 0.05) is 25.8 Å². The molecule has 2 fully saturated rings. The van der Waals surface area contributed by atoms with Crippen LogP contribution in [0.4, 0.5) is 0 Å². The third kappa shape index (κ3) is 3.67. The van der Waals surface area contributed by atoms with Gasteiger partial charge in [-0.15, -0.1) is 12.4 Å². The molecule has 2 atom stereocenters. The van der Waals surface area contributed by atoms with Crippen molar-refractivity contribution in [2.75, 3.05) is 26.2 Å². The van der Waals surface area contributed by atoms with Gasteiger partial charge in [-0.05, 0) is 31.9 Å². The van der Waals surface area contributed by atoms with E-state index in [1.54, 1.807) is 11.0 Å². The Bertz CT molecular complexity index is 556. The summed E-state index contributed by atoms with van der Waals surface area (Å²) in [5, 5.41) is 10.6. The summed E-state index contributed by atoms with van der Waals surface area (Å²) < 4.78 is 1.88. The molecule has 2 aliphatic heterocycles. The highest BCUT2D eigenvalue weighted by Gasteiger charge is 2.33. The number of carbonyl (C=O) groups is 2. The molecule has 0 saturated carbocycles. The number of aromatic nitrogens is 2. The Balaban J connectivity index is 0.00000192. The number of halogens is 1. The summed E-state index contributed by atoms with van der Waals surface area (Å²) in [6.45, 7) is 4.90. The van der Waals surface area contributed by atoms with Crippen molar-refractivity contribution in [2.24, 2.45) is 0 Å². The lowest BCUT2D eigenvalue weighted by Gasteiger charge is -2.34. The highest BCUT2D eigenvalue weighted by Crippen LogP contribution is 2.17. The van der Waals surface area contributed by atoms with Crippen molar-refractivity contribution in [2.45, 2.75) is 38.3 Å². The summed E-state index contributed by atoms with van der Waals surface area (Å²) in [7, 11) is 0. The Morgan fingerprint density at radius 3 is 2.96 bits per heavy atom. The zero-order chi connectivity index (χ0) is 15.5. The van der Waals surface area contributed by atoms with Crippen LogP contribution in [0.3, 0.4) is 0 Å². The van der Waals surface area contributed by atoms with Gasteiger partial charge in [0.25, 0.3) is 5.91 Å². The first kappa shape index (κ1) is 17.7. The molecular formula is C15H24ClN5O2. The molecule has 2 saturated heterocycles. The van der Waals surface area contributed by atoms with Crippen LogP contribution in [0, 0.1) is 0 Å². The largest absolute Gasteiger partial charge is 0.353 e. The molecule has 0 aromatic carbocycles. The van der Waals surface area contributed by atoms with E-state index < -0.39 is 0 Å². The van der Waals surface area contributed by atoms with Gasteiger partial charge in [0.15, 0.2) is 0 Å². The summed E-state index contributed by atoms with van der Waals surface area (Å²) in [5.41, 5.74) is 0.429. The van der Waals surface area contributed by atoms with Crippen LogP contribution in [0.15, 0.2) is 12.3 Å². The molecule has 2 amide bonds. The fourth-order valence-corrected chi connectivity index (χ4v) is 3.23. The number of nitrogens with one attached hydrogen (secondary N) is 2. The van der Waals surface area contributed by atoms with Crippen LogP contribution < -0.4 is 10.6 Å². The van der Waals surface area contributed by atoms with Crippen molar-refractivity contribution < 1.29 is 9.59 Å². The van der Waals surface area contributed by atoms with Gasteiger partial charge in [-0.1, -0.05) is 6.92 Å². The topological polar surface area (TPSA) is 79.3 Å². The fourth-order valence-electron chi connectivity index (χ4n) is 3.23. The summed E-state index contributed by atoms with van der Waals surface area (Å²) >= 11 is 0. The van der Waals surface area contributed by atoms with E-state index in [1.165, 1.54) is 0 Å². The maximum Gasteiger partial charge on any atom is 0.275 e. The minimum atomic E-state index is -0.386. The summed E-state index contributed by atoms with van der Waals surface area (Å²) in [5.74, 6) is -0.220. The molecule has 7 nitrogen and oxygen atoms in total. The number of amides is 2. The predicted octanol–water partition coefficient (Wildman–Crippen LogP) is 0.580. The zero-order valence-corrected chi connectivity index (χ0v) is 14.1. The Kier molecular flexibility index (Phi) is 6.01. The second kappa shape index (κ2) is 7.79. The van der Waals surface area contributed by atoms with Gasteiger partial charge in [-0.3, -0.25) is 14.3 Å². The average Bonchev–Trinajstić information content (AvgIpc) is 3.05. The molecule has 2 unspecified atom stereocenters. The minimum Gasteiger partial charge on any atom is -0.353 e. The maximum atomic E-state index is 12.7. The van der Waals surface area contributed by atoms with Gasteiger partial charge >= 0.3 is 0 Å². The van der Waals surface area contributed by atoms with Crippen LogP contribution in [0.25, 0.3) is 0 Å². The monoisotopic (exact) mass is 341 g/mol. The Labute approximate surface area is 142 Å². The predicted molar refractivity (Wildman–Crippen MR) is 88.7 cm³/mol. The van der Waals surface area contributed by atoms with E-state index in [4.69, 9.17) is 0 Å². The van der Waals surface area contributed by atoms with Gasteiger partial charge in [0.1, 0.15) is 11.7 Å². The number of carbonyl (C=O) groups excluding carboxylic acids is 2. The van der Waals surface area contributed by atoms with E-state index in [2.05, 4.69) is 15.7 Å². The third-order valence-corrected chi connectivity index (χ3v) is 4.45. The van der Waals surface area contributed by atoms with Crippen LogP contribution in [0.5, 0.6) is 0 Å². The molecule has 128 valence electrons. The van der Waals surface area contributed by atoms with Crippen molar-refractivity contribution in [3.63, 3.8) is 0 Å².